The summed E-state index contributed by atoms with van der Waals surface area (Å²) in [5.41, 5.74) is 8.93. The van der Waals surface area contributed by atoms with Crippen LogP contribution in [0.15, 0.2) is 18.2 Å². The molecule has 1 aromatic rings. The summed E-state index contributed by atoms with van der Waals surface area (Å²) < 4.78 is 0. The summed E-state index contributed by atoms with van der Waals surface area (Å²) in [7, 11) is 0. The van der Waals surface area contributed by atoms with Gasteiger partial charge in [-0.1, -0.05) is 25.1 Å². The summed E-state index contributed by atoms with van der Waals surface area (Å²) in [4.78, 5) is 10.7. The van der Waals surface area contributed by atoms with Crippen molar-refractivity contribution in [3.63, 3.8) is 0 Å². The van der Waals surface area contributed by atoms with E-state index in [2.05, 4.69) is 0 Å². The summed E-state index contributed by atoms with van der Waals surface area (Å²) in [6, 6.07) is 5.10. The number of aryl methyl sites for hydroxylation is 2. The molecule has 3 nitrogen and oxygen atoms in total. The second kappa shape index (κ2) is 4.45. The number of aliphatic carboxylic acids is 1. The zero-order chi connectivity index (χ0) is 11.6. The molecule has 3 N–H and O–H groups in total. The van der Waals surface area contributed by atoms with Crippen LogP contribution in [-0.4, -0.2) is 17.1 Å². The highest BCUT2D eigenvalue weighted by Gasteiger charge is 2.21. The van der Waals surface area contributed by atoms with E-state index < -0.39 is 12.0 Å². The van der Waals surface area contributed by atoms with Gasteiger partial charge in [0.05, 0.1) is 0 Å². The maximum atomic E-state index is 10.7. The summed E-state index contributed by atoms with van der Waals surface area (Å²) >= 11 is 0. The molecule has 0 radical (unpaired) electrons. The minimum absolute atomic E-state index is 0.165. The molecule has 0 aliphatic carbocycles. The van der Waals surface area contributed by atoms with E-state index in [0.717, 1.165) is 11.1 Å². The topological polar surface area (TPSA) is 63.3 Å². The lowest BCUT2D eigenvalue weighted by atomic mass is 9.92. The van der Waals surface area contributed by atoms with Crippen molar-refractivity contribution < 1.29 is 9.90 Å². The van der Waals surface area contributed by atoms with Crippen LogP contribution in [0.4, 0.5) is 0 Å². The van der Waals surface area contributed by atoms with Crippen LogP contribution in [0.1, 0.15) is 29.5 Å². The molecule has 0 spiro atoms. The Bertz CT molecular complexity index is 374. The molecule has 0 aromatic heterocycles. The number of rotatable bonds is 3. The number of carboxylic acids is 1. The Hall–Kier alpha value is -1.35. The number of carboxylic acid groups (broad SMARTS) is 1. The minimum atomic E-state index is -0.958. The van der Waals surface area contributed by atoms with Gasteiger partial charge >= 0.3 is 5.97 Å². The Balaban J connectivity index is 2.96. The van der Waals surface area contributed by atoms with Crippen molar-refractivity contribution in [1.82, 2.24) is 0 Å². The molecular formula is C12H17NO2. The van der Waals surface area contributed by atoms with Gasteiger partial charge in [0.25, 0.3) is 0 Å². The van der Waals surface area contributed by atoms with E-state index in [1.165, 1.54) is 5.56 Å². The second-order valence-electron chi connectivity index (χ2n) is 4.00. The Morgan fingerprint density at radius 1 is 1.33 bits per heavy atom. The Morgan fingerprint density at radius 2 is 1.93 bits per heavy atom. The molecule has 0 saturated carbocycles. The van der Waals surface area contributed by atoms with E-state index in [1.54, 1.807) is 0 Å². The molecule has 0 saturated heterocycles. The SMILES string of the molecule is Cc1ccc(C(C)C(N)C(=O)O)cc1C. The largest absolute Gasteiger partial charge is 0.480 e. The fourth-order valence-corrected chi connectivity index (χ4v) is 1.47. The lowest BCUT2D eigenvalue weighted by molar-refractivity contribution is -0.139. The van der Waals surface area contributed by atoms with Gasteiger partial charge in [0.2, 0.25) is 0 Å². The van der Waals surface area contributed by atoms with Gasteiger partial charge in [-0.15, -0.1) is 0 Å². The van der Waals surface area contributed by atoms with E-state index in [4.69, 9.17) is 10.8 Å². The molecule has 2 atom stereocenters. The lowest BCUT2D eigenvalue weighted by Gasteiger charge is -2.17. The van der Waals surface area contributed by atoms with Crippen molar-refractivity contribution in [2.45, 2.75) is 32.7 Å². The number of nitrogens with two attached hydrogens (primary N) is 1. The molecule has 0 aliphatic rings. The van der Waals surface area contributed by atoms with Crippen molar-refractivity contribution in [3.05, 3.63) is 34.9 Å². The van der Waals surface area contributed by atoms with Crippen LogP contribution < -0.4 is 5.73 Å². The molecule has 82 valence electrons. The van der Waals surface area contributed by atoms with Gasteiger partial charge in [-0.05, 0) is 30.5 Å². The van der Waals surface area contributed by atoms with Gasteiger partial charge in [0, 0.05) is 5.92 Å². The number of hydrogen-bond acceptors (Lipinski definition) is 2. The summed E-state index contributed by atoms with van der Waals surface area (Å²) in [6.45, 7) is 5.88. The normalized spacial score (nSPS) is 14.7. The van der Waals surface area contributed by atoms with E-state index >= 15 is 0 Å². The van der Waals surface area contributed by atoms with E-state index in [-0.39, 0.29) is 5.92 Å². The first kappa shape index (κ1) is 11.7. The first-order chi connectivity index (χ1) is 6.93. The molecule has 1 rings (SSSR count). The highest BCUT2D eigenvalue weighted by Crippen LogP contribution is 2.20. The van der Waals surface area contributed by atoms with Gasteiger partial charge in [-0.3, -0.25) is 4.79 Å². The Morgan fingerprint density at radius 3 is 2.40 bits per heavy atom. The predicted octanol–water partition coefficient (Wildman–Crippen LogP) is 1.82. The Kier molecular flexibility index (Phi) is 3.48. The summed E-state index contributed by atoms with van der Waals surface area (Å²) in [5.74, 6) is -1.12. The van der Waals surface area contributed by atoms with E-state index in [1.807, 2.05) is 39.0 Å². The molecule has 0 heterocycles. The molecule has 1 aromatic carbocycles. The van der Waals surface area contributed by atoms with Gasteiger partial charge in [0.1, 0.15) is 6.04 Å². The molecule has 0 amide bonds. The molecule has 15 heavy (non-hydrogen) atoms. The summed E-state index contributed by atoms with van der Waals surface area (Å²) in [6.07, 6.45) is 0. The van der Waals surface area contributed by atoms with Crippen LogP contribution in [0.2, 0.25) is 0 Å². The summed E-state index contributed by atoms with van der Waals surface area (Å²) in [5, 5.41) is 8.81. The molecule has 3 heteroatoms. The molecule has 0 aliphatic heterocycles. The average molecular weight is 207 g/mol. The maximum Gasteiger partial charge on any atom is 0.321 e. The monoisotopic (exact) mass is 207 g/mol. The van der Waals surface area contributed by atoms with Crippen LogP contribution in [-0.2, 0) is 4.79 Å². The molecular weight excluding hydrogens is 190 g/mol. The zero-order valence-electron chi connectivity index (χ0n) is 9.32. The third-order valence-corrected chi connectivity index (χ3v) is 2.88. The number of hydrogen-bond donors (Lipinski definition) is 2. The molecule has 0 bridgehead atoms. The van der Waals surface area contributed by atoms with Gasteiger partial charge in [-0.25, -0.2) is 0 Å². The first-order valence-corrected chi connectivity index (χ1v) is 4.99. The van der Waals surface area contributed by atoms with Crippen molar-refractivity contribution in [1.29, 1.82) is 0 Å². The number of carbonyl (C=O) groups is 1. The zero-order valence-corrected chi connectivity index (χ0v) is 9.32. The van der Waals surface area contributed by atoms with Gasteiger partial charge in [0.15, 0.2) is 0 Å². The Labute approximate surface area is 89.9 Å². The van der Waals surface area contributed by atoms with Crippen LogP contribution in [0.3, 0.4) is 0 Å². The van der Waals surface area contributed by atoms with Crippen molar-refractivity contribution >= 4 is 5.97 Å². The van der Waals surface area contributed by atoms with Crippen molar-refractivity contribution in [2.75, 3.05) is 0 Å². The lowest BCUT2D eigenvalue weighted by Crippen LogP contribution is -2.35. The van der Waals surface area contributed by atoms with Gasteiger partial charge in [-0.2, -0.15) is 0 Å². The van der Waals surface area contributed by atoms with Crippen LogP contribution in [0, 0.1) is 13.8 Å². The third-order valence-electron chi connectivity index (χ3n) is 2.88. The highest BCUT2D eigenvalue weighted by molar-refractivity contribution is 5.74. The maximum absolute atomic E-state index is 10.7. The van der Waals surface area contributed by atoms with E-state index in [0.29, 0.717) is 0 Å². The minimum Gasteiger partial charge on any atom is -0.480 e. The predicted molar refractivity (Wildman–Crippen MR) is 59.9 cm³/mol. The quantitative estimate of drug-likeness (QED) is 0.794. The van der Waals surface area contributed by atoms with Crippen LogP contribution >= 0.6 is 0 Å². The fourth-order valence-electron chi connectivity index (χ4n) is 1.47. The van der Waals surface area contributed by atoms with Crippen molar-refractivity contribution in [2.24, 2.45) is 5.73 Å². The fraction of sp³-hybridized carbons (Fsp3) is 0.417. The molecule has 0 fully saturated rings. The highest BCUT2D eigenvalue weighted by atomic mass is 16.4. The van der Waals surface area contributed by atoms with E-state index in [9.17, 15) is 4.79 Å². The van der Waals surface area contributed by atoms with Crippen molar-refractivity contribution in [3.8, 4) is 0 Å². The number of benzene rings is 1. The van der Waals surface area contributed by atoms with Gasteiger partial charge < -0.3 is 10.8 Å². The van der Waals surface area contributed by atoms with Crippen LogP contribution in [0.25, 0.3) is 0 Å². The second-order valence-corrected chi connectivity index (χ2v) is 4.00. The van der Waals surface area contributed by atoms with Crippen LogP contribution in [0.5, 0.6) is 0 Å². The molecule has 2 unspecified atom stereocenters. The smallest absolute Gasteiger partial charge is 0.321 e. The average Bonchev–Trinajstić information content (AvgIpc) is 2.19. The standard InChI is InChI=1S/C12H17NO2/c1-7-4-5-10(6-8(7)2)9(3)11(13)12(14)15/h4-6,9,11H,13H2,1-3H3,(H,14,15). The third kappa shape index (κ3) is 2.57. The first-order valence-electron chi connectivity index (χ1n) is 4.99.